The highest BCUT2D eigenvalue weighted by Gasteiger charge is 2.32. The third-order valence-corrected chi connectivity index (χ3v) is 6.50. The van der Waals surface area contributed by atoms with Gasteiger partial charge in [0, 0.05) is 31.2 Å². The summed E-state index contributed by atoms with van der Waals surface area (Å²) in [6, 6.07) is 11.6. The highest BCUT2D eigenvalue weighted by molar-refractivity contribution is 7.89. The summed E-state index contributed by atoms with van der Waals surface area (Å²) >= 11 is 5.83. The third kappa shape index (κ3) is 3.81. The summed E-state index contributed by atoms with van der Waals surface area (Å²) in [5, 5.41) is 9.38. The number of benzene rings is 2. The normalized spacial score (nSPS) is 15.4. The van der Waals surface area contributed by atoms with Gasteiger partial charge in [-0.15, -0.1) is 0 Å². The fourth-order valence-electron chi connectivity index (χ4n) is 2.89. The average molecular weight is 408 g/mol. The molecule has 6 nitrogen and oxygen atoms in total. The van der Waals surface area contributed by atoms with Crippen molar-refractivity contribution in [2.24, 2.45) is 0 Å². The van der Waals surface area contributed by atoms with Crippen LogP contribution in [0.3, 0.4) is 0 Å². The maximum absolute atomic E-state index is 13.9. The van der Waals surface area contributed by atoms with Gasteiger partial charge in [0.2, 0.25) is 10.0 Å². The maximum Gasteiger partial charge on any atom is 0.256 e. The van der Waals surface area contributed by atoms with E-state index in [1.807, 2.05) is 6.07 Å². The first-order valence-corrected chi connectivity index (χ1v) is 9.90. The first-order chi connectivity index (χ1) is 12.8. The topological polar surface area (TPSA) is 81.5 Å². The van der Waals surface area contributed by atoms with Crippen molar-refractivity contribution in [3.63, 3.8) is 0 Å². The van der Waals surface area contributed by atoms with Gasteiger partial charge < -0.3 is 4.90 Å². The van der Waals surface area contributed by atoms with Crippen LogP contribution in [-0.4, -0.2) is 49.7 Å². The Kier molecular flexibility index (Phi) is 5.46. The Labute approximate surface area is 161 Å². The maximum atomic E-state index is 13.9. The average Bonchev–Trinajstić information content (AvgIpc) is 2.69. The van der Waals surface area contributed by atoms with Crippen LogP contribution in [0.1, 0.15) is 15.9 Å². The molecule has 0 spiro atoms. The van der Waals surface area contributed by atoms with E-state index in [0.717, 1.165) is 6.07 Å². The van der Waals surface area contributed by atoms with Crippen LogP contribution in [0.5, 0.6) is 0 Å². The standard InChI is InChI=1S/C18H15ClFN3O3S/c19-14-5-6-16(20)15(11-14)18(24)22-7-9-23(10-8-22)27(25,26)17-4-2-1-3-13(17)12-21/h1-6,11H,7-10H2. The number of carbonyl (C=O) groups is 1. The number of amides is 1. The summed E-state index contributed by atoms with van der Waals surface area (Å²) in [5.41, 5.74) is -0.0781. The van der Waals surface area contributed by atoms with Crippen molar-refractivity contribution < 1.29 is 17.6 Å². The molecule has 1 saturated heterocycles. The number of nitrogens with zero attached hydrogens (tertiary/aromatic N) is 3. The van der Waals surface area contributed by atoms with E-state index in [0.29, 0.717) is 0 Å². The van der Waals surface area contributed by atoms with E-state index in [-0.39, 0.29) is 47.2 Å². The summed E-state index contributed by atoms with van der Waals surface area (Å²) in [7, 11) is -3.86. The van der Waals surface area contributed by atoms with Gasteiger partial charge in [-0.05, 0) is 30.3 Å². The zero-order chi connectivity index (χ0) is 19.6. The molecule has 140 valence electrons. The number of nitriles is 1. The second-order valence-corrected chi connectivity index (χ2v) is 8.27. The Morgan fingerprint density at radius 2 is 1.78 bits per heavy atom. The second kappa shape index (κ2) is 7.64. The van der Waals surface area contributed by atoms with Gasteiger partial charge in [-0.2, -0.15) is 9.57 Å². The number of piperazine rings is 1. The molecule has 2 aromatic carbocycles. The highest BCUT2D eigenvalue weighted by Crippen LogP contribution is 2.22. The number of halogens is 2. The van der Waals surface area contributed by atoms with Crippen LogP contribution < -0.4 is 0 Å². The molecular formula is C18H15ClFN3O3S. The van der Waals surface area contributed by atoms with E-state index in [9.17, 15) is 17.6 Å². The van der Waals surface area contributed by atoms with Gasteiger partial charge in [0.15, 0.2) is 0 Å². The molecule has 0 unspecified atom stereocenters. The van der Waals surface area contributed by atoms with Crippen molar-refractivity contribution in [3.05, 3.63) is 64.4 Å². The molecule has 0 atom stereocenters. The Hall–Kier alpha value is -2.47. The number of hydrogen-bond acceptors (Lipinski definition) is 4. The molecule has 2 aromatic rings. The van der Waals surface area contributed by atoms with E-state index in [4.69, 9.17) is 16.9 Å². The number of sulfonamides is 1. The van der Waals surface area contributed by atoms with Gasteiger partial charge in [0.1, 0.15) is 11.9 Å². The van der Waals surface area contributed by atoms with E-state index >= 15 is 0 Å². The lowest BCUT2D eigenvalue weighted by atomic mass is 10.1. The van der Waals surface area contributed by atoms with E-state index in [2.05, 4.69) is 0 Å². The quantitative estimate of drug-likeness (QED) is 0.782. The van der Waals surface area contributed by atoms with Crippen LogP contribution in [0, 0.1) is 17.1 Å². The summed E-state index contributed by atoms with van der Waals surface area (Å²) in [4.78, 5) is 13.8. The molecule has 0 aliphatic carbocycles. The van der Waals surface area contributed by atoms with Crippen LogP contribution in [0.15, 0.2) is 47.4 Å². The molecule has 3 rings (SSSR count). The fraction of sp³-hybridized carbons (Fsp3) is 0.222. The largest absolute Gasteiger partial charge is 0.336 e. The van der Waals surface area contributed by atoms with Crippen molar-refractivity contribution in [1.29, 1.82) is 5.26 Å². The summed E-state index contributed by atoms with van der Waals surface area (Å²) in [6.45, 7) is 0.323. The van der Waals surface area contributed by atoms with Crippen molar-refractivity contribution in [2.75, 3.05) is 26.2 Å². The number of carbonyl (C=O) groups excluding carboxylic acids is 1. The molecule has 1 heterocycles. The molecule has 1 amide bonds. The number of rotatable bonds is 3. The van der Waals surface area contributed by atoms with E-state index in [1.165, 1.54) is 33.5 Å². The zero-order valence-corrected chi connectivity index (χ0v) is 15.7. The molecule has 1 fully saturated rings. The van der Waals surface area contributed by atoms with Crippen LogP contribution in [-0.2, 0) is 10.0 Å². The van der Waals surface area contributed by atoms with Gasteiger partial charge in [-0.3, -0.25) is 4.79 Å². The SMILES string of the molecule is N#Cc1ccccc1S(=O)(=O)N1CCN(C(=O)c2cc(Cl)ccc2F)CC1. The van der Waals surface area contributed by atoms with Crippen molar-refractivity contribution in [1.82, 2.24) is 9.21 Å². The van der Waals surface area contributed by atoms with E-state index < -0.39 is 21.7 Å². The Bertz CT molecular complexity index is 1030. The van der Waals surface area contributed by atoms with Gasteiger partial charge in [0.05, 0.1) is 16.0 Å². The van der Waals surface area contributed by atoms with Crippen LogP contribution in [0.2, 0.25) is 5.02 Å². The monoisotopic (exact) mass is 407 g/mol. The highest BCUT2D eigenvalue weighted by atomic mass is 35.5. The lowest BCUT2D eigenvalue weighted by Crippen LogP contribution is -2.50. The minimum Gasteiger partial charge on any atom is -0.336 e. The third-order valence-electron chi connectivity index (χ3n) is 4.31. The smallest absolute Gasteiger partial charge is 0.256 e. The summed E-state index contributed by atoms with van der Waals surface area (Å²) < 4.78 is 40.7. The fourth-order valence-corrected chi connectivity index (χ4v) is 4.62. The Balaban J connectivity index is 1.76. The van der Waals surface area contributed by atoms with Crippen LogP contribution in [0.4, 0.5) is 4.39 Å². The molecule has 27 heavy (non-hydrogen) atoms. The molecule has 1 aliphatic rings. The lowest BCUT2D eigenvalue weighted by Gasteiger charge is -2.34. The van der Waals surface area contributed by atoms with Crippen molar-refractivity contribution in [3.8, 4) is 6.07 Å². The summed E-state index contributed by atoms with van der Waals surface area (Å²) in [6.07, 6.45) is 0. The van der Waals surface area contributed by atoms with Crippen LogP contribution >= 0.6 is 11.6 Å². The molecule has 9 heteroatoms. The molecule has 0 radical (unpaired) electrons. The molecule has 0 N–H and O–H groups in total. The van der Waals surface area contributed by atoms with Gasteiger partial charge in [-0.25, -0.2) is 12.8 Å². The first kappa shape index (κ1) is 19.3. The zero-order valence-electron chi connectivity index (χ0n) is 14.1. The van der Waals surface area contributed by atoms with E-state index in [1.54, 1.807) is 12.1 Å². The van der Waals surface area contributed by atoms with Gasteiger partial charge in [-0.1, -0.05) is 23.7 Å². The van der Waals surface area contributed by atoms with Crippen molar-refractivity contribution in [2.45, 2.75) is 4.90 Å². The molecular weight excluding hydrogens is 393 g/mol. The molecule has 0 aromatic heterocycles. The van der Waals surface area contributed by atoms with Gasteiger partial charge in [0.25, 0.3) is 5.91 Å². The molecule has 0 bridgehead atoms. The minimum absolute atomic E-state index is 0.0516. The molecule has 0 saturated carbocycles. The van der Waals surface area contributed by atoms with Crippen LogP contribution in [0.25, 0.3) is 0 Å². The molecule has 1 aliphatic heterocycles. The second-order valence-electron chi connectivity index (χ2n) is 5.93. The van der Waals surface area contributed by atoms with Crippen molar-refractivity contribution >= 4 is 27.5 Å². The number of hydrogen-bond donors (Lipinski definition) is 0. The minimum atomic E-state index is -3.86. The Morgan fingerprint density at radius 3 is 2.44 bits per heavy atom. The predicted molar refractivity (Wildman–Crippen MR) is 97.2 cm³/mol. The first-order valence-electron chi connectivity index (χ1n) is 8.08. The van der Waals surface area contributed by atoms with Gasteiger partial charge >= 0.3 is 0 Å². The summed E-state index contributed by atoms with van der Waals surface area (Å²) in [5.74, 6) is -1.22. The Morgan fingerprint density at radius 1 is 1.11 bits per heavy atom. The predicted octanol–water partition coefficient (Wildman–Crippen LogP) is 2.50. The lowest BCUT2D eigenvalue weighted by molar-refractivity contribution is 0.0693.